The highest BCUT2D eigenvalue weighted by Gasteiger charge is 2.44. The molecule has 5 heteroatoms. The van der Waals surface area contributed by atoms with Gasteiger partial charge in [0.1, 0.15) is 0 Å². The minimum Gasteiger partial charge on any atom is -0.392 e. The number of rotatable bonds is 6. The van der Waals surface area contributed by atoms with Crippen LogP contribution < -0.4 is 0 Å². The normalized spacial score (nSPS) is 33.3. The van der Waals surface area contributed by atoms with Gasteiger partial charge in [0.2, 0.25) is 0 Å². The van der Waals surface area contributed by atoms with Gasteiger partial charge in [0, 0.05) is 36.9 Å². The standard InChI is InChI=1S/C13H25IO4/c1-13(2)11(15)5-9(7-14)18-12(13)6-10(17-4)8-16-3/h9-12,15H,5-8H2,1-4H3/t9?,10-,11+,12+/m0/s1. The van der Waals surface area contributed by atoms with Gasteiger partial charge < -0.3 is 19.3 Å². The molecule has 1 heterocycles. The first-order chi connectivity index (χ1) is 8.45. The molecule has 1 aliphatic rings. The van der Waals surface area contributed by atoms with E-state index in [1.165, 1.54) is 0 Å². The second-order valence-corrected chi connectivity index (χ2v) is 6.40. The average molecular weight is 372 g/mol. The fraction of sp³-hybridized carbons (Fsp3) is 1.00. The van der Waals surface area contributed by atoms with E-state index in [1.807, 2.05) is 0 Å². The molecule has 1 rings (SSSR count). The van der Waals surface area contributed by atoms with E-state index in [9.17, 15) is 5.11 Å². The molecule has 108 valence electrons. The van der Waals surface area contributed by atoms with Gasteiger partial charge in [-0.05, 0) is 0 Å². The van der Waals surface area contributed by atoms with Gasteiger partial charge in [-0.2, -0.15) is 0 Å². The number of halogens is 1. The van der Waals surface area contributed by atoms with E-state index in [2.05, 4.69) is 36.4 Å². The average Bonchev–Trinajstić information content (AvgIpc) is 2.34. The van der Waals surface area contributed by atoms with Crippen LogP contribution in [0.2, 0.25) is 0 Å². The van der Waals surface area contributed by atoms with Gasteiger partial charge in [-0.25, -0.2) is 0 Å². The van der Waals surface area contributed by atoms with Gasteiger partial charge in [0.15, 0.2) is 0 Å². The van der Waals surface area contributed by atoms with Crippen molar-refractivity contribution in [2.24, 2.45) is 5.41 Å². The lowest BCUT2D eigenvalue weighted by Crippen LogP contribution is -2.52. The summed E-state index contributed by atoms with van der Waals surface area (Å²) in [6.07, 6.45) is 1.30. The molecule has 4 nitrogen and oxygen atoms in total. The van der Waals surface area contributed by atoms with Crippen molar-refractivity contribution in [1.82, 2.24) is 0 Å². The highest BCUT2D eigenvalue weighted by molar-refractivity contribution is 14.1. The van der Waals surface area contributed by atoms with Crippen LogP contribution in [0.4, 0.5) is 0 Å². The quantitative estimate of drug-likeness (QED) is 0.573. The lowest BCUT2D eigenvalue weighted by atomic mass is 9.74. The highest BCUT2D eigenvalue weighted by Crippen LogP contribution is 2.39. The first kappa shape index (κ1) is 16.6. The first-order valence-corrected chi connectivity index (χ1v) is 7.89. The molecule has 4 atom stereocenters. The Balaban J connectivity index is 2.69. The Kier molecular flexibility index (Phi) is 6.81. The van der Waals surface area contributed by atoms with Gasteiger partial charge in [0.05, 0.1) is 31.0 Å². The van der Waals surface area contributed by atoms with Crippen molar-refractivity contribution < 1.29 is 19.3 Å². The molecule has 0 aromatic heterocycles. The van der Waals surface area contributed by atoms with Gasteiger partial charge in [-0.3, -0.25) is 0 Å². The molecule has 1 aliphatic heterocycles. The summed E-state index contributed by atoms with van der Waals surface area (Å²) in [5.74, 6) is 0. The van der Waals surface area contributed by atoms with Crippen molar-refractivity contribution in [1.29, 1.82) is 0 Å². The summed E-state index contributed by atoms with van der Waals surface area (Å²) in [7, 11) is 3.35. The van der Waals surface area contributed by atoms with E-state index in [0.717, 1.165) is 10.8 Å². The number of methoxy groups -OCH3 is 2. The molecule has 0 aromatic carbocycles. The first-order valence-electron chi connectivity index (χ1n) is 6.36. The van der Waals surface area contributed by atoms with Crippen LogP contribution in [-0.4, -0.2) is 54.8 Å². The largest absolute Gasteiger partial charge is 0.392 e. The Labute approximate surface area is 124 Å². The lowest BCUT2D eigenvalue weighted by molar-refractivity contribution is -0.179. The van der Waals surface area contributed by atoms with Crippen molar-refractivity contribution in [3.63, 3.8) is 0 Å². The van der Waals surface area contributed by atoms with Crippen molar-refractivity contribution in [3.8, 4) is 0 Å². The van der Waals surface area contributed by atoms with Crippen LogP contribution in [0, 0.1) is 5.41 Å². The Morgan fingerprint density at radius 3 is 2.61 bits per heavy atom. The minimum atomic E-state index is -0.323. The number of hydrogen-bond acceptors (Lipinski definition) is 4. The van der Waals surface area contributed by atoms with Crippen molar-refractivity contribution in [2.75, 3.05) is 25.3 Å². The smallest absolute Gasteiger partial charge is 0.0829 e. The predicted octanol–water partition coefficient (Wildman–Crippen LogP) is 2.02. The molecule has 18 heavy (non-hydrogen) atoms. The second kappa shape index (κ2) is 7.38. The number of aliphatic hydroxyl groups is 1. The van der Waals surface area contributed by atoms with Crippen molar-refractivity contribution in [3.05, 3.63) is 0 Å². The van der Waals surface area contributed by atoms with Gasteiger partial charge >= 0.3 is 0 Å². The summed E-state index contributed by atoms with van der Waals surface area (Å²) in [4.78, 5) is 0. The molecule has 1 fully saturated rings. The number of aliphatic hydroxyl groups excluding tert-OH is 1. The molecule has 1 saturated heterocycles. The molecule has 0 aliphatic carbocycles. The fourth-order valence-corrected chi connectivity index (χ4v) is 2.91. The van der Waals surface area contributed by atoms with E-state index in [-0.39, 0.29) is 29.8 Å². The summed E-state index contributed by atoms with van der Waals surface area (Å²) in [5.41, 5.74) is -0.243. The monoisotopic (exact) mass is 372 g/mol. The van der Waals surface area contributed by atoms with Crippen molar-refractivity contribution in [2.45, 2.75) is 51.1 Å². The third kappa shape index (κ3) is 4.03. The molecular weight excluding hydrogens is 347 g/mol. The zero-order valence-electron chi connectivity index (χ0n) is 11.7. The van der Waals surface area contributed by atoms with Crippen LogP contribution in [0.25, 0.3) is 0 Å². The van der Waals surface area contributed by atoms with E-state index >= 15 is 0 Å². The summed E-state index contributed by atoms with van der Waals surface area (Å²) >= 11 is 2.31. The second-order valence-electron chi connectivity index (χ2n) is 5.52. The van der Waals surface area contributed by atoms with Gasteiger partial charge in [-0.15, -0.1) is 0 Å². The summed E-state index contributed by atoms with van der Waals surface area (Å²) in [6.45, 7) is 4.67. The number of alkyl halides is 1. The topological polar surface area (TPSA) is 47.9 Å². The van der Waals surface area contributed by atoms with Gasteiger partial charge in [-0.1, -0.05) is 36.4 Å². The summed E-state index contributed by atoms with van der Waals surface area (Å²) in [5, 5.41) is 10.3. The Hall–Kier alpha value is 0.570. The Morgan fingerprint density at radius 2 is 2.11 bits per heavy atom. The zero-order valence-corrected chi connectivity index (χ0v) is 13.8. The third-order valence-electron chi connectivity index (χ3n) is 3.87. The molecule has 1 unspecified atom stereocenters. The van der Waals surface area contributed by atoms with E-state index in [1.54, 1.807) is 14.2 Å². The van der Waals surface area contributed by atoms with E-state index < -0.39 is 0 Å². The molecular formula is C13H25IO4. The molecule has 1 N–H and O–H groups in total. The molecule has 0 spiro atoms. The van der Waals surface area contributed by atoms with Gasteiger partial charge in [0.25, 0.3) is 0 Å². The molecule has 0 bridgehead atoms. The minimum absolute atomic E-state index is 0.00103. The van der Waals surface area contributed by atoms with Crippen LogP contribution in [0.3, 0.4) is 0 Å². The van der Waals surface area contributed by atoms with Crippen LogP contribution in [0.15, 0.2) is 0 Å². The number of ether oxygens (including phenoxy) is 3. The highest BCUT2D eigenvalue weighted by atomic mass is 127. The Morgan fingerprint density at radius 1 is 1.44 bits per heavy atom. The van der Waals surface area contributed by atoms with Crippen LogP contribution in [-0.2, 0) is 14.2 Å². The SMILES string of the molecule is COC[C@H](C[C@H]1OC(CI)C[C@@H](O)C1(C)C)OC. The maximum absolute atomic E-state index is 10.3. The zero-order chi connectivity index (χ0) is 13.8. The summed E-state index contributed by atoms with van der Waals surface area (Å²) in [6, 6.07) is 0. The predicted molar refractivity (Wildman–Crippen MR) is 79.2 cm³/mol. The van der Waals surface area contributed by atoms with E-state index in [0.29, 0.717) is 13.0 Å². The van der Waals surface area contributed by atoms with E-state index in [4.69, 9.17) is 14.2 Å². The molecule has 0 saturated carbocycles. The third-order valence-corrected chi connectivity index (χ3v) is 4.85. The summed E-state index contributed by atoms with van der Waals surface area (Å²) < 4.78 is 17.5. The van der Waals surface area contributed by atoms with Crippen LogP contribution in [0.5, 0.6) is 0 Å². The fourth-order valence-electron chi connectivity index (χ4n) is 2.35. The van der Waals surface area contributed by atoms with Crippen LogP contribution in [0.1, 0.15) is 26.7 Å². The molecule has 0 amide bonds. The van der Waals surface area contributed by atoms with Crippen LogP contribution >= 0.6 is 22.6 Å². The molecule has 0 radical (unpaired) electrons. The molecule has 0 aromatic rings. The Bertz CT molecular complexity index is 247. The maximum Gasteiger partial charge on any atom is 0.0829 e. The maximum atomic E-state index is 10.3. The number of hydrogen-bond donors (Lipinski definition) is 1. The lowest BCUT2D eigenvalue weighted by Gasteiger charge is -2.46. The van der Waals surface area contributed by atoms with Crippen molar-refractivity contribution >= 4 is 22.6 Å².